The fourth-order valence-corrected chi connectivity index (χ4v) is 2.02. The van der Waals surface area contributed by atoms with Crippen LogP contribution in [0.5, 0.6) is 0 Å². The van der Waals surface area contributed by atoms with Crippen LogP contribution in [0.1, 0.15) is 61.3 Å². The SMILES string of the molecule is CC(=O)NCCOC(C)(C)CCOC(C)(C)COCCC(=O)C(C)C. The molecule has 0 aromatic heterocycles. The lowest BCUT2D eigenvalue weighted by molar-refractivity contribution is -0.125. The summed E-state index contributed by atoms with van der Waals surface area (Å²) in [6.07, 6.45) is 1.19. The lowest BCUT2D eigenvalue weighted by Crippen LogP contribution is -2.35. The van der Waals surface area contributed by atoms with Crippen molar-refractivity contribution < 1.29 is 23.8 Å². The summed E-state index contributed by atoms with van der Waals surface area (Å²) in [4.78, 5) is 22.4. The van der Waals surface area contributed by atoms with Gasteiger partial charge in [-0.05, 0) is 34.1 Å². The van der Waals surface area contributed by atoms with Gasteiger partial charge in [0.15, 0.2) is 0 Å². The quantitative estimate of drug-likeness (QED) is 0.483. The monoisotopic (exact) mass is 359 g/mol. The molecule has 0 aromatic rings. The van der Waals surface area contributed by atoms with Gasteiger partial charge in [-0.2, -0.15) is 0 Å². The van der Waals surface area contributed by atoms with Gasteiger partial charge in [-0.15, -0.1) is 0 Å². The molecule has 1 amide bonds. The number of ketones is 1. The molecule has 0 spiro atoms. The molecule has 0 saturated carbocycles. The van der Waals surface area contributed by atoms with Gasteiger partial charge in [0, 0.05) is 25.8 Å². The van der Waals surface area contributed by atoms with Crippen LogP contribution in [0.15, 0.2) is 0 Å². The predicted octanol–water partition coefficient (Wildman–Crippen LogP) is 2.73. The molecule has 0 saturated heterocycles. The number of amides is 1. The van der Waals surface area contributed by atoms with Crippen molar-refractivity contribution in [3.8, 4) is 0 Å². The van der Waals surface area contributed by atoms with Gasteiger partial charge in [0.2, 0.25) is 5.91 Å². The van der Waals surface area contributed by atoms with Crippen molar-refractivity contribution in [2.24, 2.45) is 5.92 Å². The van der Waals surface area contributed by atoms with Crippen LogP contribution in [0.25, 0.3) is 0 Å². The molecule has 0 rings (SSSR count). The number of carbonyl (C=O) groups excluding carboxylic acids is 2. The third-order valence-electron chi connectivity index (χ3n) is 3.75. The van der Waals surface area contributed by atoms with Gasteiger partial charge in [0.25, 0.3) is 0 Å². The molecular weight excluding hydrogens is 322 g/mol. The van der Waals surface area contributed by atoms with Gasteiger partial charge in [0.1, 0.15) is 5.78 Å². The third-order valence-corrected chi connectivity index (χ3v) is 3.75. The van der Waals surface area contributed by atoms with Gasteiger partial charge in [-0.1, -0.05) is 13.8 Å². The van der Waals surface area contributed by atoms with Crippen LogP contribution in [-0.4, -0.2) is 55.9 Å². The Morgan fingerprint density at radius 1 is 0.960 bits per heavy atom. The fraction of sp³-hybridized carbons (Fsp3) is 0.895. The minimum absolute atomic E-state index is 0.0541. The van der Waals surface area contributed by atoms with E-state index in [0.29, 0.717) is 39.4 Å². The number of hydrogen-bond donors (Lipinski definition) is 1. The van der Waals surface area contributed by atoms with Gasteiger partial charge < -0.3 is 19.5 Å². The molecule has 0 aromatic carbocycles. The summed E-state index contributed by atoms with van der Waals surface area (Å²) in [6, 6.07) is 0. The zero-order valence-corrected chi connectivity index (χ0v) is 17.1. The summed E-state index contributed by atoms with van der Waals surface area (Å²) in [5.74, 6) is 0.221. The van der Waals surface area contributed by atoms with Gasteiger partial charge >= 0.3 is 0 Å². The minimum atomic E-state index is -0.410. The van der Waals surface area contributed by atoms with E-state index in [-0.39, 0.29) is 23.2 Å². The number of rotatable bonds is 14. The predicted molar refractivity (Wildman–Crippen MR) is 98.6 cm³/mol. The Morgan fingerprint density at radius 3 is 2.12 bits per heavy atom. The number of hydrogen-bond acceptors (Lipinski definition) is 5. The van der Waals surface area contributed by atoms with E-state index in [2.05, 4.69) is 5.32 Å². The molecule has 0 aliphatic heterocycles. The van der Waals surface area contributed by atoms with Crippen LogP contribution in [-0.2, 0) is 23.8 Å². The van der Waals surface area contributed by atoms with E-state index in [9.17, 15) is 9.59 Å². The Bertz CT molecular complexity index is 405. The molecule has 1 N–H and O–H groups in total. The fourth-order valence-electron chi connectivity index (χ4n) is 2.02. The van der Waals surface area contributed by atoms with E-state index >= 15 is 0 Å². The molecule has 6 heteroatoms. The number of nitrogens with one attached hydrogen (secondary N) is 1. The molecule has 0 fully saturated rings. The molecule has 0 heterocycles. The van der Waals surface area contributed by atoms with E-state index < -0.39 is 5.60 Å². The second-order valence-electron chi connectivity index (χ2n) is 7.87. The van der Waals surface area contributed by atoms with Crippen LogP contribution < -0.4 is 5.32 Å². The number of carbonyl (C=O) groups is 2. The molecule has 0 bridgehead atoms. The maximum absolute atomic E-state index is 11.5. The van der Waals surface area contributed by atoms with Crippen molar-refractivity contribution in [1.82, 2.24) is 5.32 Å². The zero-order valence-electron chi connectivity index (χ0n) is 17.1. The van der Waals surface area contributed by atoms with E-state index in [1.807, 2.05) is 41.5 Å². The maximum atomic E-state index is 11.5. The van der Waals surface area contributed by atoms with E-state index in [4.69, 9.17) is 14.2 Å². The molecule has 0 aliphatic carbocycles. The van der Waals surface area contributed by atoms with Crippen molar-refractivity contribution in [3.63, 3.8) is 0 Å². The summed E-state index contributed by atoms with van der Waals surface area (Å²) in [6.45, 7) is 15.7. The molecule has 0 radical (unpaired) electrons. The number of Topliss-reactive ketones (excluding diaryl/α,β-unsaturated/α-hetero) is 1. The first-order valence-electron chi connectivity index (χ1n) is 9.08. The zero-order chi connectivity index (χ0) is 19.5. The maximum Gasteiger partial charge on any atom is 0.216 e. The molecule has 6 nitrogen and oxygen atoms in total. The normalized spacial score (nSPS) is 12.5. The van der Waals surface area contributed by atoms with Crippen LogP contribution in [0, 0.1) is 5.92 Å². The summed E-state index contributed by atoms with van der Waals surface area (Å²) in [7, 11) is 0. The van der Waals surface area contributed by atoms with E-state index in [0.717, 1.165) is 6.42 Å². The first-order valence-corrected chi connectivity index (χ1v) is 9.08. The van der Waals surface area contributed by atoms with Crippen LogP contribution in [0.4, 0.5) is 0 Å². The highest BCUT2D eigenvalue weighted by Crippen LogP contribution is 2.17. The largest absolute Gasteiger partial charge is 0.378 e. The second kappa shape index (κ2) is 11.6. The average Bonchev–Trinajstić information content (AvgIpc) is 2.47. The van der Waals surface area contributed by atoms with Crippen molar-refractivity contribution in [1.29, 1.82) is 0 Å². The molecule has 148 valence electrons. The van der Waals surface area contributed by atoms with Crippen molar-refractivity contribution in [3.05, 3.63) is 0 Å². The molecule has 0 atom stereocenters. The topological polar surface area (TPSA) is 73.9 Å². The molecule has 0 unspecified atom stereocenters. The second-order valence-corrected chi connectivity index (χ2v) is 7.87. The standard InChI is InChI=1S/C19H37NO5/c1-15(2)17(22)8-11-23-14-19(6,7)24-12-9-18(4,5)25-13-10-20-16(3)21/h15H,8-14H2,1-7H3,(H,20,21). The van der Waals surface area contributed by atoms with Crippen LogP contribution in [0.2, 0.25) is 0 Å². The molecule has 0 aliphatic rings. The van der Waals surface area contributed by atoms with E-state index in [1.54, 1.807) is 0 Å². The third kappa shape index (κ3) is 13.9. The van der Waals surface area contributed by atoms with E-state index in [1.165, 1.54) is 6.92 Å². The summed E-state index contributed by atoms with van der Waals surface area (Å²) < 4.78 is 17.3. The highest BCUT2D eigenvalue weighted by molar-refractivity contribution is 5.80. The summed E-state index contributed by atoms with van der Waals surface area (Å²) in [5, 5.41) is 2.71. The van der Waals surface area contributed by atoms with Crippen LogP contribution in [0.3, 0.4) is 0 Å². The average molecular weight is 360 g/mol. The van der Waals surface area contributed by atoms with Gasteiger partial charge in [-0.3, -0.25) is 9.59 Å². The van der Waals surface area contributed by atoms with Crippen molar-refractivity contribution >= 4 is 11.7 Å². The van der Waals surface area contributed by atoms with Gasteiger partial charge in [0.05, 0.1) is 37.6 Å². The summed E-state index contributed by atoms with van der Waals surface area (Å²) in [5.41, 5.74) is -0.730. The number of ether oxygens (including phenoxy) is 3. The minimum Gasteiger partial charge on any atom is -0.378 e. The molecular formula is C19H37NO5. The summed E-state index contributed by atoms with van der Waals surface area (Å²) >= 11 is 0. The van der Waals surface area contributed by atoms with Crippen molar-refractivity contribution in [2.75, 3.05) is 33.0 Å². The van der Waals surface area contributed by atoms with Crippen molar-refractivity contribution in [2.45, 2.75) is 72.5 Å². The lowest BCUT2D eigenvalue weighted by atomic mass is 10.1. The Balaban J connectivity index is 3.91. The highest BCUT2D eigenvalue weighted by atomic mass is 16.5. The Morgan fingerprint density at radius 2 is 1.56 bits per heavy atom. The Kier molecular flexibility index (Phi) is 11.1. The highest BCUT2D eigenvalue weighted by Gasteiger charge is 2.23. The lowest BCUT2D eigenvalue weighted by Gasteiger charge is -2.29. The first-order chi connectivity index (χ1) is 11.5. The van der Waals surface area contributed by atoms with Gasteiger partial charge in [-0.25, -0.2) is 0 Å². The Labute approximate surface area is 153 Å². The Hall–Kier alpha value is -0.980. The first kappa shape index (κ1) is 24.0. The smallest absolute Gasteiger partial charge is 0.216 e. The van der Waals surface area contributed by atoms with Crippen LogP contribution >= 0.6 is 0 Å². The molecule has 25 heavy (non-hydrogen) atoms.